The predicted octanol–water partition coefficient (Wildman–Crippen LogP) is 2.35. The molecule has 3 heterocycles. The van der Waals surface area contributed by atoms with Gasteiger partial charge < -0.3 is 44.5 Å². The molecule has 2 bridgehead atoms. The lowest BCUT2D eigenvalue weighted by Crippen LogP contribution is -2.71. The number of aliphatic hydroxyl groups is 2. The zero-order valence-corrected chi connectivity index (χ0v) is 34.5. The first-order chi connectivity index (χ1) is 29.2. The highest BCUT2D eigenvalue weighted by molar-refractivity contribution is 5.96. The number of aliphatic hydroxyl groups excluding tert-OH is 2. The van der Waals surface area contributed by atoms with E-state index >= 15 is 4.79 Å². The van der Waals surface area contributed by atoms with Crippen molar-refractivity contribution in [3.63, 3.8) is 0 Å². The minimum absolute atomic E-state index is 0.00675. The SMILES string of the molecule is CC(O)C(NC(=O)C12CC3OC(=O)C1N(Cc1cccc(C=CC(=O)OCC(F)(F)F)c1)OC2C1OC2(Cc4ccccc4C2)OC31)C(=O)NC(CO)CCC(=O)OC(C)(C)C. The number of ether oxygens (including phenoxy) is 5. The number of halogens is 3. The molecule has 5 aliphatic rings. The lowest BCUT2D eigenvalue weighted by molar-refractivity contribution is -0.217. The van der Waals surface area contributed by atoms with Crippen molar-refractivity contribution in [3.8, 4) is 0 Å². The first-order valence-corrected chi connectivity index (χ1v) is 20.4. The minimum Gasteiger partial charge on any atom is -0.460 e. The number of nitrogens with one attached hydrogen (secondary N) is 2. The van der Waals surface area contributed by atoms with Crippen molar-refractivity contribution in [1.29, 1.82) is 0 Å². The number of nitrogens with zero attached hydrogens (tertiary/aromatic N) is 1. The second-order valence-corrected chi connectivity index (χ2v) is 17.4. The second-order valence-electron chi connectivity index (χ2n) is 17.4. The maximum Gasteiger partial charge on any atom is 0.422 e. The third-order valence-electron chi connectivity index (χ3n) is 11.5. The summed E-state index contributed by atoms with van der Waals surface area (Å²) in [5, 5.41) is 27.5. The molecular weight excluding hydrogens is 823 g/mol. The van der Waals surface area contributed by atoms with Crippen LogP contribution in [0.4, 0.5) is 13.2 Å². The van der Waals surface area contributed by atoms with Crippen molar-refractivity contribution >= 4 is 35.8 Å². The number of hydrogen-bond acceptors (Lipinski definition) is 14. The van der Waals surface area contributed by atoms with E-state index in [9.17, 15) is 42.6 Å². The van der Waals surface area contributed by atoms with Crippen LogP contribution in [0.25, 0.3) is 6.08 Å². The Morgan fingerprint density at radius 3 is 2.35 bits per heavy atom. The van der Waals surface area contributed by atoms with Gasteiger partial charge in [-0.3, -0.25) is 24.0 Å². The monoisotopic (exact) mass is 873 g/mol. The van der Waals surface area contributed by atoms with Gasteiger partial charge in [-0.1, -0.05) is 48.5 Å². The summed E-state index contributed by atoms with van der Waals surface area (Å²) < 4.78 is 66.6. The van der Waals surface area contributed by atoms with Crippen LogP contribution < -0.4 is 10.6 Å². The van der Waals surface area contributed by atoms with E-state index in [4.69, 9.17) is 23.8 Å². The van der Waals surface area contributed by atoms with Crippen LogP contribution in [0.15, 0.2) is 54.6 Å². The van der Waals surface area contributed by atoms with Gasteiger partial charge in [0.05, 0.1) is 25.3 Å². The summed E-state index contributed by atoms with van der Waals surface area (Å²) in [5.74, 6) is -5.42. The highest BCUT2D eigenvalue weighted by atomic mass is 19.4. The van der Waals surface area contributed by atoms with E-state index in [2.05, 4.69) is 15.4 Å². The van der Waals surface area contributed by atoms with Crippen LogP contribution in [-0.4, -0.2) is 124 Å². The lowest BCUT2D eigenvalue weighted by atomic mass is 9.62. The van der Waals surface area contributed by atoms with Crippen LogP contribution in [0.1, 0.15) is 69.2 Å². The first-order valence-electron chi connectivity index (χ1n) is 20.4. The molecule has 2 aliphatic carbocycles. The van der Waals surface area contributed by atoms with Crippen LogP contribution in [0.3, 0.4) is 0 Å². The van der Waals surface area contributed by atoms with Crippen LogP contribution in [0, 0.1) is 5.41 Å². The number of hydrogen-bond donors (Lipinski definition) is 4. The van der Waals surface area contributed by atoms with E-state index in [1.807, 2.05) is 24.3 Å². The summed E-state index contributed by atoms with van der Waals surface area (Å²) in [6.07, 6.45) is -7.55. The van der Waals surface area contributed by atoms with Crippen molar-refractivity contribution in [2.45, 2.75) is 133 Å². The van der Waals surface area contributed by atoms with Crippen molar-refractivity contribution in [2.75, 3.05) is 13.2 Å². The third kappa shape index (κ3) is 9.52. The molecule has 16 nitrogen and oxygen atoms in total. The number of fused-ring (bicyclic) bond motifs is 5. The standard InChI is InChI=1S/C43H50F3N3O13/c1-23(51)32(37(54)47-28(21-50)13-15-31(53)59-40(2,3)4)48-39(56)42-19-29-33-34(61-41(60-33)17-26-10-5-6-11-27(26)18-41)36(42)62-49(35(42)38(55)58-29)20-25-9-7-8-24(16-25)12-14-30(52)57-22-43(44,45)46/h5-12,14,16,23,28-29,32-36,50-51H,13,15,17-22H2,1-4H3,(H,47,54)(H,48,56). The molecule has 336 valence electrons. The van der Waals surface area contributed by atoms with Gasteiger partial charge in [-0.25, -0.2) is 4.79 Å². The summed E-state index contributed by atoms with van der Waals surface area (Å²) in [6, 6.07) is 10.2. The molecule has 0 aromatic heterocycles. The molecule has 4 fully saturated rings. The van der Waals surface area contributed by atoms with Crippen molar-refractivity contribution < 1.29 is 75.9 Å². The number of benzene rings is 2. The Morgan fingerprint density at radius 2 is 1.71 bits per heavy atom. The normalized spacial score (nSPS) is 27.5. The van der Waals surface area contributed by atoms with Gasteiger partial charge in [0.25, 0.3) is 0 Å². The molecule has 4 N–H and O–H groups in total. The highest BCUT2D eigenvalue weighted by Crippen LogP contribution is 2.58. The molecule has 9 unspecified atom stereocenters. The Balaban J connectivity index is 1.15. The van der Waals surface area contributed by atoms with Crippen molar-refractivity contribution in [1.82, 2.24) is 15.7 Å². The van der Waals surface area contributed by atoms with Gasteiger partial charge in [-0.15, -0.1) is 0 Å². The summed E-state index contributed by atoms with van der Waals surface area (Å²) >= 11 is 0. The molecule has 9 atom stereocenters. The Kier molecular flexibility index (Phi) is 12.6. The van der Waals surface area contributed by atoms with Gasteiger partial charge in [0.2, 0.25) is 11.8 Å². The number of hydroxylamine groups is 2. The molecule has 2 aromatic rings. The Morgan fingerprint density at radius 1 is 1.02 bits per heavy atom. The number of rotatable bonds is 14. The van der Waals surface area contributed by atoms with E-state index < -0.39 is 115 Å². The van der Waals surface area contributed by atoms with E-state index in [-0.39, 0.29) is 25.8 Å². The van der Waals surface area contributed by atoms with Gasteiger partial charge in [0.15, 0.2) is 18.4 Å². The van der Waals surface area contributed by atoms with Crippen LogP contribution in [-0.2, 0) is 71.9 Å². The fourth-order valence-electron chi connectivity index (χ4n) is 8.97. The van der Waals surface area contributed by atoms with Crippen molar-refractivity contribution in [2.24, 2.45) is 5.41 Å². The van der Waals surface area contributed by atoms with Gasteiger partial charge in [-0.2, -0.15) is 18.2 Å². The van der Waals surface area contributed by atoms with E-state index in [0.717, 1.165) is 17.2 Å². The molecule has 2 aromatic carbocycles. The second kappa shape index (κ2) is 17.3. The van der Waals surface area contributed by atoms with Gasteiger partial charge in [-0.05, 0) is 62.4 Å². The zero-order valence-electron chi connectivity index (χ0n) is 34.5. The van der Waals surface area contributed by atoms with Gasteiger partial charge >= 0.3 is 24.1 Å². The summed E-state index contributed by atoms with van der Waals surface area (Å²) in [6.45, 7) is 3.95. The first kappa shape index (κ1) is 45.1. The average molecular weight is 874 g/mol. The van der Waals surface area contributed by atoms with Gasteiger partial charge in [0, 0.05) is 31.8 Å². The quantitative estimate of drug-likeness (QED) is 0.122. The maximum absolute atomic E-state index is 15.0. The molecule has 7 rings (SSSR count). The van der Waals surface area contributed by atoms with Crippen LogP contribution in [0.5, 0.6) is 0 Å². The van der Waals surface area contributed by atoms with Crippen molar-refractivity contribution in [3.05, 3.63) is 76.9 Å². The predicted molar refractivity (Wildman–Crippen MR) is 208 cm³/mol. The van der Waals surface area contributed by atoms with Crippen LogP contribution >= 0.6 is 0 Å². The topological polar surface area (TPSA) is 208 Å². The number of esters is 3. The smallest absolute Gasteiger partial charge is 0.422 e. The summed E-state index contributed by atoms with van der Waals surface area (Å²) in [7, 11) is 0. The largest absolute Gasteiger partial charge is 0.460 e. The molecule has 3 aliphatic heterocycles. The molecule has 1 saturated carbocycles. The number of carbonyl (C=O) groups is 5. The zero-order chi connectivity index (χ0) is 44.8. The molecule has 0 radical (unpaired) electrons. The Labute approximate surface area is 354 Å². The molecule has 2 amide bonds. The number of amides is 2. The highest BCUT2D eigenvalue weighted by Gasteiger charge is 2.76. The molecule has 1 spiro atoms. The molecule has 62 heavy (non-hydrogen) atoms. The van der Waals surface area contributed by atoms with E-state index in [0.29, 0.717) is 24.0 Å². The van der Waals surface area contributed by atoms with E-state index in [1.54, 1.807) is 45.0 Å². The third-order valence-corrected chi connectivity index (χ3v) is 11.5. The average Bonchev–Trinajstić information content (AvgIpc) is 3.87. The maximum atomic E-state index is 15.0. The molecule has 19 heteroatoms. The summed E-state index contributed by atoms with van der Waals surface area (Å²) in [5.41, 5.74) is 0.389. The summed E-state index contributed by atoms with van der Waals surface area (Å²) in [4.78, 5) is 73.9. The van der Waals surface area contributed by atoms with E-state index in [1.165, 1.54) is 18.1 Å². The number of carbonyl (C=O) groups excluding carboxylic acids is 5. The minimum atomic E-state index is -4.69. The number of alkyl halides is 3. The fourth-order valence-corrected chi connectivity index (χ4v) is 8.97. The van der Waals surface area contributed by atoms with Gasteiger partial charge in [0.1, 0.15) is 41.5 Å². The fraction of sp³-hybridized carbons (Fsp3) is 0.558. The Hall–Kier alpha value is -4.92. The molecule has 3 saturated heterocycles. The lowest BCUT2D eigenvalue weighted by Gasteiger charge is -2.49. The van der Waals surface area contributed by atoms with Crippen LogP contribution in [0.2, 0.25) is 0 Å². The Bertz CT molecular complexity index is 2060. The molecular formula is C43H50F3N3O13.